The number of aromatic nitrogens is 3. The molecule has 0 fully saturated rings. The molecule has 0 atom stereocenters. The number of halogens is 5. The lowest BCUT2D eigenvalue weighted by Gasteiger charge is -2.31. The number of rotatable bonds is 7. The summed E-state index contributed by atoms with van der Waals surface area (Å²) in [6.07, 6.45) is 2.66. The maximum absolute atomic E-state index is 14.3. The average molecular weight is 718 g/mol. The first-order chi connectivity index (χ1) is 25.0. The summed E-state index contributed by atoms with van der Waals surface area (Å²) in [5.41, 5.74) is 16.9. The summed E-state index contributed by atoms with van der Waals surface area (Å²) in [7, 11) is 0. The second-order valence-corrected chi connectivity index (χ2v) is 14.2. The number of hydrogen-bond acceptors (Lipinski definition) is 3. The van der Waals surface area contributed by atoms with Crippen molar-refractivity contribution in [2.24, 2.45) is 0 Å². The van der Waals surface area contributed by atoms with Crippen LogP contribution < -0.4 is 16.4 Å². The van der Waals surface area contributed by atoms with Crippen LogP contribution in [0.15, 0.2) is 85.6 Å². The number of aryl methyl sites for hydroxylation is 6. The molecule has 0 saturated heterocycles. The van der Waals surface area contributed by atoms with Gasteiger partial charge in [-0.05, 0) is 131 Å². The van der Waals surface area contributed by atoms with E-state index in [0.717, 1.165) is 107 Å². The highest BCUT2D eigenvalue weighted by atomic mass is 19.4. The molecule has 53 heavy (non-hydrogen) atoms. The second-order valence-electron chi connectivity index (χ2n) is 14.2. The Morgan fingerprint density at radius 2 is 0.849 bits per heavy atom. The first-order valence-electron chi connectivity index (χ1n) is 17.5. The third-order valence-electron chi connectivity index (χ3n) is 10.6. The molecule has 0 aliphatic carbocycles. The number of nitrogens with zero attached hydrogens (tertiary/aromatic N) is 3. The molecular formula is C44H41BF5N3. The zero-order valence-electron chi connectivity index (χ0n) is 31.4. The van der Waals surface area contributed by atoms with Gasteiger partial charge in [0, 0.05) is 47.7 Å². The summed E-state index contributed by atoms with van der Waals surface area (Å²) < 4.78 is 68.3. The number of benzene rings is 3. The van der Waals surface area contributed by atoms with Crippen molar-refractivity contribution >= 4 is 23.1 Å². The lowest BCUT2D eigenvalue weighted by Crippen LogP contribution is -2.58. The number of hydrogen-bond donors (Lipinski definition) is 0. The Balaban J connectivity index is 1.71. The summed E-state index contributed by atoms with van der Waals surface area (Å²) >= 11 is 0. The van der Waals surface area contributed by atoms with E-state index in [2.05, 4.69) is 93.7 Å². The Kier molecular flexibility index (Phi) is 9.92. The highest BCUT2D eigenvalue weighted by Crippen LogP contribution is 2.43. The van der Waals surface area contributed by atoms with E-state index in [1.165, 1.54) is 6.07 Å². The molecule has 6 rings (SSSR count). The Morgan fingerprint density at radius 1 is 0.472 bits per heavy atom. The molecule has 270 valence electrons. The van der Waals surface area contributed by atoms with Gasteiger partial charge in [0.1, 0.15) is 5.69 Å². The molecule has 0 spiro atoms. The maximum atomic E-state index is 14.3. The molecule has 6 aromatic rings. The van der Waals surface area contributed by atoms with Gasteiger partial charge in [0.2, 0.25) is 6.71 Å². The molecule has 0 N–H and O–H groups in total. The van der Waals surface area contributed by atoms with Gasteiger partial charge in [-0.2, -0.15) is 22.0 Å². The molecule has 0 bridgehead atoms. The van der Waals surface area contributed by atoms with Gasteiger partial charge < -0.3 is 0 Å². The van der Waals surface area contributed by atoms with Crippen LogP contribution in [0.1, 0.15) is 55.8 Å². The Hall–Kier alpha value is -5.18. The van der Waals surface area contributed by atoms with Crippen LogP contribution in [0, 0.1) is 62.3 Å². The summed E-state index contributed by atoms with van der Waals surface area (Å²) in [5, 5.41) is 0. The highest BCUT2D eigenvalue weighted by molar-refractivity contribution is 6.97. The molecule has 0 amide bonds. The van der Waals surface area contributed by atoms with Crippen LogP contribution in [0.4, 0.5) is 22.0 Å². The standard InChI is InChI=1S/C44H41BF5N3/c1-24-18-27(4)40(30(7)37(24)33-12-10-16-51-21-33)45(41-28(5)19-25(2)38(31(41)8)34-13-11-17-52-22-34)42-29(6)20-26(3)39(32(42)9)35-14-15-36(53-23-35)43(46,47)44(48,49)50/h10-23H,1-9H3. The van der Waals surface area contributed by atoms with Gasteiger partial charge in [-0.1, -0.05) is 69.5 Å². The van der Waals surface area contributed by atoms with Crippen LogP contribution in [-0.4, -0.2) is 27.8 Å². The summed E-state index contributed by atoms with van der Waals surface area (Å²) in [4.78, 5) is 12.5. The smallest absolute Gasteiger partial charge is 0.264 e. The number of alkyl halides is 5. The lowest BCUT2D eigenvalue weighted by molar-refractivity contribution is -0.290. The largest absolute Gasteiger partial charge is 0.459 e. The molecule has 0 aliphatic rings. The first-order valence-corrected chi connectivity index (χ1v) is 17.5. The van der Waals surface area contributed by atoms with E-state index in [-0.39, 0.29) is 6.71 Å². The van der Waals surface area contributed by atoms with Crippen molar-refractivity contribution in [3.8, 4) is 33.4 Å². The van der Waals surface area contributed by atoms with Crippen molar-refractivity contribution in [2.75, 3.05) is 0 Å². The Bertz CT molecular complexity index is 2240. The van der Waals surface area contributed by atoms with E-state index in [1.54, 1.807) is 12.4 Å². The van der Waals surface area contributed by atoms with Crippen molar-refractivity contribution in [1.29, 1.82) is 0 Å². The predicted octanol–water partition coefficient (Wildman–Crippen LogP) is 9.82. The minimum Gasteiger partial charge on any atom is -0.264 e. The van der Waals surface area contributed by atoms with E-state index < -0.39 is 17.8 Å². The van der Waals surface area contributed by atoms with E-state index >= 15 is 0 Å². The molecule has 0 aliphatic heterocycles. The van der Waals surface area contributed by atoms with Crippen LogP contribution in [-0.2, 0) is 5.92 Å². The van der Waals surface area contributed by atoms with Crippen LogP contribution in [0.3, 0.4) is 0 Å². The summed E-state index contributed by atoms with van der Waals surface area (Å²) in [6.45, 7) is 18.6. The minimum atomic E-state index is -5.76. The van der Waals surface area contributed by atoms with Crippen molar-refractivity contribution in [2.45, 2.75) is 74.4 Å². The fourth-order valence-corrected chi connectivity index (χ4v) is 8.59. The van der Waals surface area contributed by atoms with E-state index in [4.69, 9.17) is 0 Å². The first kappa shape index (κ1) is 37.6. The van der Waals surface area contributed by atoms with Gasteiger partial charge in [-0.3, -0.25) is 15.0 Å². The number of pyridine rings is 3. The van der Waals surface area contributed by atoms with Crippen LogP contribution >= 0.6 is 0 Å². The summed E-state index contributed by atoms with van der Waals surface area (Å²) in [6, 6.07) is 16.6. The molecule has 0 saturated carbocycles. The van der Waals surface area contributed by atoms with Crippen molar-refractivity contribution in [3.05, 3.63) is 141 Å². The van der Waals surface area contributed by atoms with Crippen molar-refractivity contribution in [3.63, 3.8) is 0 Å². The normalized spacial score (nSPS) is 12.0. The molecule has 0 radical (unpaired) electrons. The summed E-state index contributed by atoms with van der Waals surface area (Å²) in [5.74, 6) is -5.07. The van der Waals surface area contributed by atoms with Crippen molar-refractivity contribution in [1.82, 2.24) is 15.0 Å². The van der Waals surface area contributed by atoms with E-state index in [0.29, 0.717) is 5.56 Å². The molecule has 3 nitrogen and oxygen atoms in total. The van der Waals surface area contributed by atoms with E-state index in [1.807, 2.05) is 38.4 Å². The zero-order chi connectivity index (χ0) is 38.6. The Morgan fingerprint density at radius 3 is 1.15 bits per heavy atom. The third-order valence-corrected chi connectivity index (χ3v) is 10.6. The lowest BCUT2D eigenvalue weighted by atomic mass is 9.32. The predicted molar refractivity (Wildman–Crippen MR) is 206 cm³/mol. The van der Waals surface area contributed by atoms with Gasteiger partial charge >= 0.3 is 12.1 Å². The maximum Gasteiger partial charge on any atom is 0.459 e. The SMILES string of the molecule is Cc1cc(C)c(-c2cccnc2)c(C)c1B(c1c(C)cc(C)c(-c2cccnc2)c1C)c1c(C)cc(C)c(-c2ccc(C(F)(F)C(F)(F)F)nc2)c1C. The zero-order valence-corrected chi connectivity index (χ0v) is 31.4. The highest BCUT2D eigenvalue weighted by Gasteiger charge is 2.59. The van der Waals surface area contributed by atoms with Gasteiger partial charge in [0.25, 0.3) is 0 Å². The molecule has 0 unspecified atom stereocenters. The molecule has 3 aromatic carbocycles. The minimum absolute atomic E-state index is 0.289. The molecule has 3 aromatic heterocycles. The molecular weight excluding hydrogens is 676 g/mol. The van der Waals surface area contributed by atoms with Crippen LogP contribution in [0.25, 0.3) is 33.4 Å². The van der Waals surface area contributed by atoms with E-state index in [9.17, 15) is 22.0 Å². The van der Waals surface area contributed by atoms with Gasteiger partial charge in [0.15, 0.2) is 0 Å². The molecule has 3 heterocycles. The monoisotopic (exact) mass is 717 g/mol. The average Bonchev–Trinajstić information content (AvgIpc) is 3.08. The fraction of sp³-hybridized carbons (Fsp3) is 0.250. The Labute approximate surface area is 308 Å². The third kappa shape index (κ3) is 6.55. The van der Waals surface area contributed by atoms with Gasteiger partial charge in [0.05, 0.1) is 0 Å². The van der Waals surface area contributed by atoms with Crippen LogP contribution in [0.2, 0.25) is 0 Å². The van der Waals surface area contributed by atoms with Gasteiger partial charge in [-0.25, -0.2) is 0 Å². The van der Waals surface area contributed by atoms with Crippen LogP contribution in [0.5, 0.6) is 0 Å². The topological polar surface area (TPSA) is 38.7 Å². The molecule has 9 heteroatoms. The quantitative estimate of drug-likeness (QED) is 0.122. The fourth-order valence-electron chi connectivity index (χ4n) is 8.59. The van der Waals surface area contributed by atoms with Gasteiger partial charge in [-0.15, -0.1) is 0 Å². The van der Waals surface area contributed by atoms with Crippen molar-refractivity contribution < 1.29 is 22.0 Å². The second kappa shape index (κ2) is 14.0.